The standard InChI is InChI=1S/C22H16F3N3O3S/c1-14-26-20-8-3-2-7-19(20)21(29)28(14)17-11-9-16(10-12-17)27-32(30,31)18-6-4-5-15(13-18)22(23,24)25/h2-13,27H,1H3. The lowest BCUT2D eigenvalue weighted by molar-refractivity contribution is -0.137. The van der Waals surface area contributed by atoms with Gasteiger partial charge in [-0.05, 0) is 61.5 Å². The molecule has 0 saturated carbocycles. The lowest BCUT2D eigenvalue weighted by Gasteiger charge is -2.13. The van der Waals surface area contributed by atoms with E-state index in [0.29, 0.717) is 28.5 Å². The van der Waals surface area contributed by atoms with Gasteiger partial charge in [-0.2, -0.15) is 13.2 Å². The summed E-state index contributed by atoms with van der Waals surface area (Å²) in [5.74, 6) is 0.450. The van der Waals surface area contributed by atoms with Gasteiger partial charge in [-0.3, -0.25) is 14.1 Å². The Morgan fingerprint density at radius 3 is 2.31 bits per heavy atom. The van der Waals surface area contributed by atoms with Crippen molar-refractivity contribution in [1.82, 2.24) is 9.55 Å². The summed E-state index contributed by atoms with van der Waals surface area (Å²) in [7, 11) is -4.25. The van der Waals surface area contributed by atoms with Gasteiger partial charge in [0.1, 0.15) is 5.82 Å². The van der Waals surface area contributed by atoms with E-state index in [1.54, 1.807) is 31.2 Å². The van der Waals surface area contributed by atoms with Crippen LogP contribution >= 0.6 is 0 Å². The molecule has 0 saturated heterocycles. The van der Waals surface area contributed by atoms with Gasteiger partial charge in [0, 0.05) is 5.69 Å². The van der Waals surface area contributed by atoms with Crippen LogP contribution in [0.3, 0.4) is 0 Å². The molecule has 0 radical (unpaired) electrons. The van der Waals surface area contributed by atoms with Crippen LogP contribution in [0.1, 0.15) is 11.4 Å². The molecule has 4 rings (SSSR count). The Labute approximate surface area is 181 Å². The largest absolute Gasteiger partial charge is 0.416 e. The monoisotopic (exact) mass is 459 g/mol. The van der Waals surface area contributed by atoms with Gasteiger partial charge in [0.05, 0.1) is 27.0 Å². The molecule has 0 amide bonds. The van der Waals surface area contributed by atoms with Crippen molar-refractivity contribution < 1.29 is 21.6 Å². The van der Waals surface area contributed by atoms with E-state index in [-0.39, 0.29) is 11.2 Å². The summed E-state index contributed by atoms with van der Waals surface area (Å²) in [5, 5.41) is 0.437. The first-order valence-corrected chi connectivity index (χ1v) is 10.8. The maximum atomic E-state index is 12.9. The van der Waals surface area contributed by atoms with Crippen molar-refractivity contribution in [3.05, 3.63) is 94.5 Å². The molecule has 0 bridgehead atoms. The van der Waals surface area contributed by atoms with E-state index in [9.17, 15) is 26.4 Å². The van der Waals surface area contributed by atoms with Crippen LogP contribution in [0.25, 0.3) is 16.6 Å². The molecule has 3 aromatic carbocycles. The number of nitrogens with zero attached hydrogens (tertiary/aromatic N) is 2. The van der Waals surface area contributed by atoms with Gasteiger partial charge in [0.15, 0.2) is 0 Å². The third kappa shape index (κ3) is 4.09. The highest BCUT2D eigenvalue weighted by atomic mass is 32.2. The Hall–Kier alpha value is -3.66. The summed E-state index contributed by atoms with van der Waals surface area (Å²) in [6.45, 7) is 1.68. The molecule has 32 heavy (non-hydrogen) atoms. The fourth-order valence-corrected chi connectivity index (χ4v) is 4.38. The number of aromatic nitrogens is 2. The van der Waals surface area contributed by atoms with Gasteiger partial charge in [-0.25, -0.2) is 13.4 Å². The molecule has 4 aromatic rings. The van der Waals surface area contributed by atoms with Gasteiger partial charge in [0.25, 0.3) is 15.6 Å². The topological polar surface area (TPSA) is 81.1 Å². The van der Waals surface area contributed by atoms with Crippen LogP contribution in [0.2, 0.25) is 0 Å². The number of hydrogen-bond acceptors (Lipinski definition) is 4. The molecule has 1 heterocycles. The summed E-state index contributed by atoms with van der Waals surface area (Å²) < 4.78 is 67.5. The van der Waals surface area contributed by atoms with E-state index in [0.717, 1.165) is 18.2 Å². The highest BCUT2D eigenvalue weighted by Crippen LogP contribution is 2.31. The molecule has 0 aliphatic heterocycles. The first-order chi connectivity index (χ1) is 15.1. The smallest absolute Gasteiger partial charge is 0.280 e. The summed E-state index contributed by atoms with van der Waals surface area (Å²) in [6, 6.07) is 16.3. The SMILES string of the molecule is Cc1nc2ccccc2c(=O)n1-c1ccc(NS(=O)(=O)c2cccc(C(F)(F)F)c2)cc1. The molecule has 0 fully saturated rings. The highest BCUT2D eigenvalue weighted by Gasteiger charge is 2.31. The number of hydrogen-bond donors (Lipinski definition) is 1. The molecular formula is C22H16F3N3O3S. The number of aryl methyl sites for hydroxylation is 1. The zero-order valence-corrected chi connectivity index (χ0v) is 17.4. The Balaban J connectivity index is 1.66. The predicted molar refractivity (Wildman–Crippen MR) is 114 cm³/mol. The second kappa shape index (κ2) is 7.79. The minimum Gasteiger partial charge on any atom is -0.280 e. The molecule has 6 nitrogen and oxygen atoms in total. The van der Waals surface area contributed by atoms with E-state index in [4.69, 9.17) is 0 Å². The number of benzene rings is 3. The average molecular weight is 459 g/mol. The maximum Gasteiger partial charge on any atom is 0.416 e. The van der Waals surface area contributed by atoms with Crippen molar-refractivity contribution in [2.45, 2.75) is 18.0 Å². The number of sulfonamides is 1. The first-order valence-electron chi connectivity index (χ1n) is 9.35. The predicted octanol–water partition coefficient (Wildman–Crippen LogP) is 4.51. The van der Waals surface area contributed by atoms with Gasteiger partial charge < -0.3 is 0 Å². The molecule has 1 N–H and O–H groups in total. The minimum absolute atomic E-state index is 0.130. The summed E-state index contributed by atoms with van der Waals surface area (Å²) in [4.78, 5) is 16.8. The van der Waals surface area contributed by atoms with Crippen LogP contribution in [0.15, 0.2) is 82.5 Å². The fraction of sp³-hybridized carbons (Fsp3) is 0.0909. The normalized spacial score (nSPS) is 12.1. The number of para-hydroxylation sites is 1. The molecule has 0 unspecified atom stereocenters. The van der Waals surface area contributed by atoms with Gasteiger partial charge in [-0.1, -0.05) is 18.2 Å². The van der Waals surface area contributed by atoms with Crippen LogP contribution < -0.4 is 10.3 Å². The molecule has 0 aliphatic carbocycles. The molecule has 0 atom stereocenters. The fourth-order valence-electron chi connectivity index (χ4n) is 3.28. The third-order valence-electron chi connectivity index (χ3n) is 4.79. The minimum atomic E-state index is -4.66. The number of nitrogens with one attached hydrogen (secondary N) is 1. The van der Waals surface area contributed by atoms with E-state index in [1.807, 2.05) is 0 Å². The quantitative estimate of drug-likeness (QED) is 0.487. The average Bonchev–Trinajstić information content (AvgIpc) is 2.74. The zero-order valence-electron chi connectivity index (χ0n) is 16.6. The summed E-state index contributed by atoms with van der Waals surface area (Å²) in [6.07, 6.45) is -4.66. The lowest BCUT2D eigenvalue weighted by atomic mass is 10.2. The van der Waals surface area contributed by atoms with Gasteiger partial charge in [0.2, 0.25) is 0 Å². The zero-order chi connectivity index (χ0) is 23.1. The van der Waals surface area contributed by atoms with E-state index in [2.05, 4.69) is 9.71 Å². The van der Waals surface area contributed by atoms with E-state index < -0.39 is 26.7 Å². The highest BCUT2D eigenvalue weighted by molar-refractivity contribution is 7.92. The number of rotatable bonds is 4. The first kappa shape index (κ1) is 21.6. The molecule has 164 valence electrons. The van der Waals surface area contributed by atoms with Crippen LogP contribution in [0, 0.1) is 6.92 Å². The van der Waals surface area contributed by atoms with Crippen molar-refractivity contribution in [3.63, 3.8) is 0 Å². The van der Waals surface area contributed by atoms with Crippen molar-refractivity contribution >= 4 is 26.6 Å². The number of alkyl halides is 3. The molecule has 10 heteroatoms. The number of anilines is 1. The molecule has 0 spiro atoms. The molecule has 1 aromatic heterocycles. The lowest BCUT2D eigenvalue weighted by Crippen LogP contribution is -2.22. The third-order valence-corrected chi connectivity index (χ3v) is 6.17. The van der Waals surface area contributed by atoms with Crippen molar-refractivity contribution in [3.8, 4) is 5.69 Å². The Morgan fingerprint density at radius 1 is 0.938 bits per heavy atom. The summed E-state index contributed by atoms with van der Waals surface area (Å²) in [5.41, 5.74) is -0.171. The van der Waals surface area contributed by atoms with Crippen molar-refractivity contribution in [2.75, 3.05) is 4.72 Å². The number of fused-ring (bicyclic) bond motifs is 1. The Morgan fingerprint density at radius 2 is 1.62 bits per heavy atom. The van der Waals surface area contributed by atoms with E-state index in [1.165, 1.54) is 28.8 Å². The maximum absolute atomic E-state index is 12.9. The van der Waals surface area contributed by atoms with Gasteiger partial charge in [-0.15, -0.1) is 0 Å². The second-order valence-corrected chi connectivity index (χ2v) is 8.68. The van der Waals surface area contributed by atoms with Crippen LogP contribution in [-0.4, -0.2) is 18.0 Å². The molecular weight excluding hydrogens is 443 g/mol. The van der Waals surface area contributed by atoms with Gasteiger partial charge >= 0.3 is 6.18 Å². The Kier molecular flexibility index (Phi) is 5.25. The van der Waals surface area contributed by atoms with E-state index >= 15 is 0 Å². The van der Waals surface area contributed by atoms with Crippen LogP contribution in [-0.2, 0) is 16.2 Å². The Bertz CT molecular complexity index is 1480. The summed E-state index contributed by atoms with van der Waals surface area (Å²) >= 11 is 0. The second-order valence-electron chi connectivity index (χ2n) is 6.99. The molecule has 0 aliphatic rings. The van der Waals surface area contributed by atoms with Crippen molar-refractivity contribution in [2.24, 2.45) is 0 Å². The number of halogens is 3. The van der Waals surface area contributed by atoms with Crippen LogP contribution in [0.4, 0.5) is 18.9 Å². The van der Waals surface area contributed by atoms with Crippen molar-refractivity contribution in [1.29, 1.82) is 0 Å². The van der Waals surface area contributed by atoms with Crippen LogP contribution in [0.5, 0.6) is 0 Å².